The van der Waals surface area contributed by atoms with Crippen molar-refractivity contribution in [3.8, 4) is 0 Å². The molecule has 0 amide bonds. The number of piperidine rings is 1. The Bertz CT molecular complexity index is 562. The van der Waals surface area contributed by atoms with Crippen LogP contribution in [0.25, 0.3) is 0 Å². The van der Waals surface area contributed by atoms with Gasteiger partial charge in [0.2, 0.25) is 0 Å². The zero-order valence-electron chi connectivity index (χ0n) is 14.6. The molecular formula is C19H26F3NO2. The van der Waals surface area contributed by atoms with Crippen LogP contribution in [0.15, 0.2) is 23.8 Å². The first kappa shape index (κ1) is 18.5. The molecule has 0 aromatic rings. The minimum absolute atomic E-state index is 0.0463. The van der Waals surface area contributed by atoms with Gasteiger partial charge in [0.15, 0.2) is 0 Å². The fourth-order valence-corrected chi connectivity index (χ4v) is 4.91. The highest BCUT2D eigenvalue weighted by molar-refractivity contribution is 5.77. The molecule has 25 heavy (non-hydrogen) atoms. The molecule has 0 bridgehead atoms. The Morgan fingerprint density at radius 1 is 1.32 bits per heavy atom. The van der Waals surface area contributed by atoms with E-state index >= 15 is 0 Å². The van der Waals surface area contributed by atoms with Crippen molar-refractivity contribution in [3.63, 3.8) is 0 Å². The first-order chi connectivity index (χ1) is 11.9. The number of carbonyl (C=O) groups excluding carboxylic acids is 1. The molecule has 0 aromatic carbocycles. The average molecular weight is 357 g/mol. The van der Waals surface area contributed by atoms with Crippen LogP contribution >= 0.6 is 0 Å². The summed E-state index contributed by atoms with van der Waals surface area (Å²) in [7, 11) is 1.45. The standard InChI is InChI=1S/C19H26F3NO2/c1-25-17(24)18(9-2-3-10-18)15-8-11-23-16(12-15)13-4-6-14(7-5-13)19(20,21)22/h4,6-7,13,15-16,23H,2-3,5,8-12H2,1H3/t13-,15?,16?/m1/s1. The van der Waals surface area contributed by atoms with Crippen molar-refractivity contribution < 1.29 is 22.7 Å². The Morgan fingerprint density at radius 3 is 2.60 bits per heavy atom. The van der Waals surface area contributed by atoms with E-state index in [9.17, 15) is 18.0 Å². The Labute approximate surface area is 146 Å². The fraction of sp³-hybridized carbons (Fsp3) is 0.737. The average Bonchev–Trinajstić information content (AvgIpc) is 3.11. The van der Waals surface area contributed by atoms with Crippen molar-refractivity contribution >= 4 is 5.97 Å². The van der Waals surface area contributed by atoms with Crippen LogP contribution in [0.2, 0.25) is 0 Å². The molecule has 3 rings (SSSR count). The number of hydrogen-bond donors (Lipinski definition) is 1. The van der Waals surface area contributed by atoms with E-state index in [4.69, 9.17) is 4.74 Å². The number of halogens is 3. The van der Waals surface area contributed by atoms with Crippen LogP contribution in [0.1, 0.15) is 44.9 Å². The maximum Gasteiger partial charge on any atom is 0.416 e. The maximum absolute atomic E-state index is 12.8. The first-order valence-electron chi connectivity index (χ1n) is 9.14. The van der Waals surface area contributed by atoms with Gasteiger partial charge < -0.3 is 10.1 Å². The minimum Gasteiger partial charge on any atom is -0.469 e. The third-order valence-corrected chi connectivity index (χ3v) is 6.28. The first-order valence-corrected chi connectivity index (χ1v) is 9.14. The van der Waals surface area contributed by atoms with E-state index in [1.54, 1.807) is 6.08 Å². The number of carbonyl (C=O) groups is 1. The van der Waals surface area contributed by atoms with E-state index < -0.39 is 11.7 Å². The molecule has 1 aliphatic heterocycles. The Kier molecular flexibility index (Phi) is 5.28. The number of alkyl halides is 3. The second kappa shape index (κ2) is 7.14. The number of ether oxygens (including phenoxy) is 1. The zero-order chi connectivity index (χ0) is 18.1. The van der Waals surface area contributed by atoms with Crippen LogP contribution in [0.3, 0.4) is 0 Å². The molecule has 1 saturated carbocycles. The lowest BCUT2D eigenvalue weighted by Crippen LogP contribution is -2.49. The predicted molar refractivity (Wildman–Crippen MR) is 88.8 cm³/mol. The molecule has 0 spiro atoms. The fourth-order valence-electron chi connectivity index (χ4n) is 4.91. The molecule has 140 valence electrons. The van der Waals surface area contributed by atoms with Crippen molar-refractivity contribution in [3.05, 3.63) is 23.8 Å². The van der Waals surface area contributed by atoms with Gasteiger partial charge in [0.25, 0.3) is 0 Å². The molecule has 0 radical (unpaired) electrons. The van der Waals surface area contributed by atoms with Crippen molar-refractivity contribution in [2.45, 2.75) is 57.2 Å². The summed E-state index contributed by atoms with van der Waals surface area (Å²) in [5.41, 5.74) is -0.946. The van der Waals surface area contributed by atoms with Crippen molar-refractivity contribution in [2.75, 3.05) is 13.7 Å². The second-order valence-corrected chi connectivity index (χ2v) is 7.55. The number of esters is 1. The molecule has 3 aliphatic rings. The van der Waals surface area contributed by atoms with Crippen LogP contribution in [0, 0.1) is 17.3 Å². The summed E-state index contributed by atoms with van der Waals surface area (Å²) in [6.07, 6.45) is 5.87. The predicted octanol–water partition coefficient (Wildman–Crippen LogP) is 4.15. The summed E-state index contributed by atoms with van der Waals surface area (Å²) in [6, 6.07) is 0.114. The molecular weight excluding hydrogens is 331 g/mol. The Balaban J connectivity index is 1.69. The smallest absolute Gasteiger partial charge is 0.416 e. The molecule has 2 unspecified atom stereocenters. The van der Waals surface area contributed by atoms with Gasteiger partial charge in [0.1, 0.15) is 0 Å². The molecule has 0 aromatic heterocycles. The van der Waals surface area contributed by atoms with Crippen molar-refractivity contribution in [2.24, 2.45) is 17.3 Å². The third-order valence-electron chi connectivity index (χ3n) is 6.28. The minimum atomic E-state index is -4.28. The van der Waals surface area contributed by atoms with Crippen molar-refractivity contribution in [1.29, 1.82) is 0 Å². The van der Waals surface area contributed by atoms with Gasteiger partial charge in [-0.2, -0.15) is 13.2 Å². The highest BCUT2D eigenvalue weighted by Gasteiger charge is 2.50. The molecule has 2 fully saturated rings. The zero-order valence-corrected chi connectivity index (χ0v) is 14.6. The van der Waals surface area contributed by atoms with Crippen molar-refractivity contribution in [1.82, 2.24) is 5.32 Å². The van der Waals surface area contributed by atoms with E-state index in [0.717, 1.165) is 45.1 Å². The van der Waals surface area contributed by atoms with E-state index in [1.807, 2.05) is 0 Å². The van der Waals surface area contributed by atoms with Crippen LogP contribution in [0.5, 0.6) is 0 Å². The van der Waals surface area contributed by atoms with E-state index in [0.29, 0.717) is 6.42 Å². The molecule has 6 heteroatoms. The lowest BCUT2D eigenvalue weighted by Gasteiger charge is -2.42. The van der Waals surface area contributed by atoms with Crippen LogP contribution in [-0.2, 0) is 9.53 Å². The summed E-state index contributed by atoms with van der Waals surface area (Å²) in [5, 5.41) is 3.46. The molecule has 1 heterocycles. The number of rotatable bonds is 3. The summed E-state index contributed by atoms with van der Waals surface area (Å²) >= 11 is 0. The highest BCUT2D eigenvalue weighted by Crippen LogP contribution is 2.50. The second-order valence-electron chi connectivity index (χ2n) is 7.55. The quantitative estimate of drug-likeness (QED) is 0.771. The summed E-state index contributed by atoms with van der Waals surface area (Å²) < 4.78 is 43.4. The van der Waals surface area contributed by atoms with Gasteiger partial charge in [-0.15, -0.1) is 0 Å². The van der Waals surface area contributed by atoms with E-state index in [-0.39, 0.29) is 29.3 Å². The Morgan fingerprint density at radius 2 is 2.04 bits per heavy atom. The summed E-state index contributed by atoms with van der Waals surface area (Å²) in [4.78, 5) is 12.5. The molecule has 1 N–H and O–H groups in total. The SMILES string of the molecule is COC(=O)C1(C2CCNC([C@@H]3C=CC(C(F)(F)F)=CC3)C2)CCCC1. The maximum atomic E-state index is 12.8. The largest absolute Gasteiger partial charge is 0.469 e. The topological polar surface area (TPSA) is 38.3 Å². The molecule has 3 atom stereocenters. The number of methoxy groups -OCH3 is 1. The lowest BCUT2D eigenvalue weighted by atomic mass is 9.67. The van der Waals surface area contributed by atoms with Gasteiger partial charge in [0.05, 0.1) is 18.1 Å². The van der Waals surface area contributed by atoms with Crippen LogP contribution in [0.4, 0.5) is 13.2 Å². The molecule has 3 nitrogen and oxygen atoms in total. The monoisotopic (exact) mass is 357 g/mol. The number of hydrogen-bond acceptors (Lipinski definition) is 3. The lowest BCUT2D eigenvalue weighted by molar-refractivity contribution is -0.157. The molecule has 2 aliphatic carbocycles. The van der Waals surface area contributed by atoms with Crippen LogP contribution in [-0.4, -0.2) is 31.8 Å². The van der Waals surface area contributed by atoms with Crippen LogP contribution < -0.4 is 5.32 Å². The normalized spacial score (nSPS) is 32.3. The van der Waals surface area contributed by atoms with Gasteiger partial charge in [0, 0.05) is 6.04 Å². The van der Waals surface area contributed by atoms with Gasteiger partial charge in [-0.3, -0.25) is 4.79 Å². The third kappa shape index (κ3) is 3.64. The summed E-state index contributed by atoms with van der Waals surface area (Å²) in [6.45, 7) is 0.800. The molecule has 1 saturated heterocycles. The van der Waals surface area contributed by atoms with E-state index in [1.165, 1.54) is 19.3 Å². The van der Waals surface area contributed by atoms with Gasteiger partial charge in [-0.1, -0.05) is 31.1 Å². The number of allylic oxidation sites excluding steroid dienone is 3. The number of nitrogens with one attached hydrogen (secondary N) is 1. The summed E-state index contributed by atoms with van der Waals surface area (Å²) in [5.74, 6) is 0.189. The van der Waals surface area contributed by atoms with Gasteiger partial charge in [-0.25, -0.2) is 0 Å². The van der Waals surface area contributed by atoms with Gasteiger partial charge in [-0.05, 0) is 50.5 Å². The van der Waals surface area contributed by atoms with Gasteiger partial charge >= 0.3 is 12.1 Å². The van der Waals surface area contributed by atoms with E-state index in [2.05, 4.69) is 5.32 Å². The highest BCUT2D eigenvalue weighted by atomic mass is 19.4. The Hall–Kier alpha value is -1.30.